The normalized spacial score (nSPS) is 12.7. The number of amides is 1. The molecular formula is C26H41B3N10O3. The summed E-state index contributed by atoms with van der Waals surface area (Å²) in [5.74, 6) is -0.227. The summed E-state index contributed by atoms with van der Waals surface area (Å²) in [6.07, 6.45) is 6.82. The number of carbonyl (C=O) groups is 1. The van der Waals surface area contributed by atoms with Crippen LogP contribution >= 0.6 is 0 Å². The zero-order chi connectivity index (χ0) is 31.0. The molecule has 0 aromatic carbocycles. The molecule has 0 bridgehead atoms. The highest BCUT2D eigenvalue weighted by Crippen LogP contribution is 2.22. The molecule has 42 heavy (non-hydrogen) atoms. The first-order valence-corrected chi connectivity index (χ1v) is 14.2. The van der Waals surface area contributed by atoms with Gasteiger partial charge in [0.2, 0.25) is 5.91 Å². The highest BCUT2D eigenvalue weighted by Gasteiger charge is 2.37. The summed E-state index contributed by atoms with van der Waals surface area (Å²) in [4.78, 5) is 13.7. The molecule has 3 aromatic rings. The Morgan fingerprint density at radius 2 is 1.24 bits per heavy atom. The molecule has 0 saturated heterocycles. The summed E-state index contributed by atoms with van der Waals surface area (Å²) in [6.45, 7) is 13.0. The van der Waals surface area contributed by atoms with Crippen LogP contribution in [0.15, 0.2) is 18.6 Å². The Bertz CT molecular complexity index is 1170. The second kappa shape index (κ2) is 14.5. The Hall–Kier alpha value is -3.00. The van der Waals surface area contributed by atoms with Crippen LogP contribution < -0.4 is 5.32 Å². The maximum atomic E-state index is 13.7. The van der Waals surface area contributed by atoms with Gasteiger partial charge in [0.1, 0.15) is 0 Å². The van der Waals surface area contributed by atoms with Crippen molar-refractivity contribution in [2.45, 2.75) is 116 Å². The Morgan fingerprint density at radius 3 is 1.60 bits per heavy atom. The second-order valence-electron chi connectivity index (χ2n) is 12.1. The van der Waals surface area contributed by atoms with Crippen molar-refractivity contribution >= 4 is 29.4 Å². The molecule has 0 aliphatic rings. The predicted molar refractivity (Wildman–Crippen MR) is 159 cm³/mol. The zero-order valence-corrected chi connectivity index (χ0v) is 25.7. The third kappa shape index (κ3) is 10.4. The summed E-state index contributed by atoms with van der Waals surface area (Å²) in [5.41, 5.74) is -0.241. The van der Waals surface area contributed by atoms with Crippen molar-refractivity contribution < 1.29 is 14.3 Å². The van der Waals surface area contributed by atoms with Crippen molar-refractivity contribution in [2.75, 3.05) is 6.61 Å². The van der Waals surface area contributed by atoms with Gasteiger partial charge in [-0.3, -0.25) is 4.79 Å². The van der Waals surface area contributed by atoms with Gasteiger partial charge in [-0.25, -0.2) is 14.0 Å². The van der Waals surface area contributed by atoms with E-state index in [1.54, 1.807) is 32.6 Å². The number of aromatic nitrogens is 9. The minimum atomic E-state index is -1.00. The number of nitrogens with one attached hydrogen (secondary N) is 1. The average molecular weight is 574 g/mol. The van der Waals surface area contributed by atoms with E-state index in [1.807, 2.05) is 41.5 Å². The molecule has 1 amide bonds. The van der Waals surface area contributed by atoms with Gasteiger partial charge >= 0.3 is 0 Å². The van der Waals surface area contributed by atoms with Gasteiger partial charge in [-0.05, 0) is 66.9 Å². The van der Waals surface area contributed by atoms with E-state index < -0.39 is 11.1 Å². The molecule has 13 nitrogen and oxygen atoms in total. The first kappa shape index (κ1) is 33.5. The van der Waals surface area contributed by atoms with Gasteiger partial charge in [0.05, 0.1) is 96.1 Å². The molecule has 0 fully saturated rings. The number of carbonyl (C=O) groups excluding carboxylic acids is 1. The lowest BCUT2D eigenvalue weighted by Crippen LogP contribution is -2.58. The Labute approximate surface area is 252 Å². The van der Waals surface area contributed by atoms with Crippen molar-refractivity contribution in [1.29, 1.82) is 0 Å². The van der Waals surface area contributed by atoms with Crippen molar-refractivity contribution in [3.63, 3.8) is 0 Å². The molecule has 3 rings (SSSR count). The molecule has 1 N–H and O–H groups in total. The van der Waals surface area contributed by atoms with Crippen LogP contribution in [0.2, 0.25) is 0 Å². The van der Waals surface area contributed by atoms with Gasteiger partial charge in [0, 0.05) is 18.6 Å². The lowest BCUT2D eigenvalue weighted by atomic mass is 9.96. The molecule has 0 aliphatic carbocycles. The van der Waals surface area contributed by atoms with Gasteiger partial charge in [-0.1, -0.05) is 15.6 Å². The van der Waals surface area contributed by atoms with E-state index in [0.717, 1.165) is 0 Å². The molecule has 16 heteroatoms. The van der Waals surface area contributed by atoms with E-state index in [1.165, 1.54) is 0 Å². The fourth-order valence-corrected chi connectivity index (χ4v) is 4.77. The van der Waals surface area contributed by atoms with Crippen LogP contribution in [0.1, 0.15) is 71.5 Å². The van der Waals surface area contributed by atoms with Crippen LogP contribution in [0, 0.1) is 0 Å². The second-order valence-corrected chi connectivity index (χ2v) is 12.1. The number of ether oxygens (including phenoxy) is 2. The number of hydrogen-bond donors (Lipinski definition) is 1. The number of nitrogens with zero attached hydrogens (tertiary/aromatic N) is 9. The zero-order valence-electron chi connectivity index (χ0n) is 25.7. The lowest BCUT2D eigenvalue weighted by Gasteiger charge is -2.36. The Balaban J connectivity index is 1.86. The fraction of sp³-hybridized carbons (Fsp3) is 0.731. The van der Waals surface area contributed by atoms with E-state index in [9.17, 15) is 4.79 Å². The number of hydrogen-bond acceptors (Lipinski definition) is 9. The monoisotopic (exact) mass is 574 g/mol. The smallest absolute Gasteiger partial charge is 0.223 e. The molecule has 0 aliphatic heterocycles. The largest absolute Gasteiger partial charge is 0.375 e. The SMILES string of the molecule is [B]Cc1cn(CC(Cn2cc(C[B])nn2)(Cn2cc(C[B])nn2)NC(=O)CC(C)(C)OCCC(C)(C)OC(C)C)nn1. The Kier molecular flexibility index (Phi) is 11.5. The first-order valence-electron chi connectivity index (χ1n) is 14.2. The quantitative estimate of drug-likeness (QED) is 0.215. The topological polar surface area (TPSA) is 140 Å². The highest BCUT2D eigenvalue weighted by molar-refractivity contribution is 6.08. The third-order valence-corrected chi connectivity index (χ3v) is 6.52. The maximum absolute atomic E-state index is 13.7. The van der Waals surface area contributed by atoms with Crippen molar-refractivity contribution in [1.82, 2.24) is 50.3 Å². The minimum absolute atomic E-state index is 0.0996. The molecule has 3 heterocycles. The van der Waals surface area contributed by atoms with Crippen LogP contribution in [-0.4, -0.2) is 104 Å². The first-order chi connectivity index (χ1) is 19.8. The third-order valence-electron chi connectivity index (χ3n) is 6.52. The summed E-state index contributed by atoms with van der Waals surface area (Å²) >= 11 is 0. The van der Waals surface area contributed by atoms with Crippen LogP contribution in [-0.2, 0) is 52.9 Å². The van der Waals surface area contributed by atoms with Gasteiger partial charge in [-0.15, -0.1) is 15.3 Å². The molecule has 0 saturated carbocycles. The molecule has 3 aromatic heterocycles. The molecule has 6 radical (unpaired) electrons. The molecule has 0 atom stereocenters. The van der Waals surface area contributed by atoms with Gasteiger partial charge in [-0.2, -0.15) is 0 Å². The minimum Gasteiger partial charge on any atom is -0.375 e. The van der Waals surface area contributed by atoms with E-state index in [4.69, 9.17) is 33.0 Å². The standard InChI is InChI=1S/C26H41B3N10O3/c1-19(2)42-24(3,4)7-8-41-25(5,6)9-23(40)30-26(16-37-13-20(10-27)31-34-37,17-38-14-21(11-28)32-35-38)18-39-15-22(12-29)33-36-39/h13-15,19H,7-12,16-18H2,1-6H3,(H,30,40). The van der Waals surface area contributed by atoms with Crippen molar-refractivity contribution in [3.8, 4) is 0 Å². The maximum Gasteiger partial charge on any atom is 0.223 e. The van der Waals surface area contributed by atoms with Crippen LogP contribution in [0.5, 0.6) is 0 Å². The molecule has 0 unspecified atom stereocenters. The fourth-order valence-electron chi connectivity index (χ4n) is 4.77. The van der Waals surface area contributed by atoms with Crippen molar-refractivity contribution in [3.05, 3.63) is 35.7 Å². The predicted octanol–water partition coefficient (Wildman–Crippen LogP) is 0.501. The Morgan fingerprint density at radius 1 is 0.810 bits per heavy atom. The molecular weight excluding hydrogens is 533 g/mol. The van der Waals surface area contributed by atoms with E-state index in [2.05, 4.69) is 36.3 Å². The van der Waals surface area contributed by atoms with Crippen molar-refractivity contribution in [2.24, 2.45) is 0 Å². The summed E-state index contributed by atoms with van der Waals surface area (Å²) in [7, 11) is 17.3. The van der Waals surface area contributed by atoms with Crippen LogP contribution in [0.25, 0.3) is 0 Å². The summed E-state index contributed by atoms with van der Waals surface area (Å²) < 4.78 is 17.1. The average Bonchev–Trinajstić information content (AvgIpc) is 3.63. The van der Waals surface area contributed by atoms with E-state index >= 15 is 0 Å². The van der Waals surface area contributed by atoms with Gasteiger partial charge in [0.25, 0.3) is 0 Å². The van der Waals surface area contributed by atoms with Gasteiger partial charge in [0.15, 0.2) is 0 Å². The van der Waals surface area contributed by atoms with Crippen LogP contribution in [0.4, 0.5) is 0 Å². The van der Waals surface area contributed by atoms with Crippen LogP contribution in [0.3, 0.4) is 0 Å². The van der Waals surface area contributed by atoms with Gasteiger partial charge < -0.3 is 14.8 Å². The number of rotatable bonds is 18. The molecule has 0 spiro atoms. The lowest BCUT2D eigenvalue weighted by molar-refractivity contribution is -0.132. The highest BCUT2D eigenvalue weighted by atomic mass is 16.5. The summed E-state index contributed by atoms with van der Waals surface area (Å²) in [5, 5.41) is 28.3. The van der Waals surface area contributed by atoms with E-state index in [0.29, 0.717) is 30.1 Å². The van der Waals surface area contributed by atoms with E-state index in [-0.39, 0.29) is 62.6 Å². The molecule has 222 valence electrons. The summed E-state index contributed by atoms with van der Waals surface area (Å²) in [6, 6.07) is 0.